The van der Waals surface area contributed by atoms with E-state index in [9.17, 15) is 18.0 Å². The lowest BCUT2D eigenvalue weighted by molar-refractivity contribution is 0.0362. The lowest BCUT2D eigenvalue weighted by Gasteiger charge is -2.17. The van der Waals surface area contributed by atoms with Gasteiger partial charge in [-0.15, -0.1) is 0 Å². The maximum atomic E-state index is 13.0. The van der Waals surface area contributed by atoms with Gasteiger partial charge in [0.1, 0.15) is 0 Å². The Bertz CT molecular complexity index is 1020. The lowest BCUT2D eigenvalue weighted by Crippen LogP contribution is -2.32. The summed E-state index contributed by atoms with van der Waals surface area (Å²) in [5, 5.41) is 0.532. The molecule has 1 aromatic heterocycles. The number of carbonyl (C=O) groups excluding carboxylic acids is 1. The zero-order chi connectivity index (χ0) is 19.6. The number of benzene rings is 1. The van der Waals surface area contributed by atoms with Crippen LogP contribution >= 0.6 is 0 Å². The maximum absolute atomic E-state index is 13.0. The Kier molecular flexibility index (Phi) is 5.49. The van der Waals surface area contributed by atoms with E-state index in [1.165, 1.54) is 39.3 Å². The van der Waals surface area contributed by atoms with Crippen molar-refractivity contribution >= 4 is 27.0 Å². The topological polar surface area (TPSA) is 121 Å². The summed E-state index contributed by atoms with van der Waals surface area (Å²) in [5.74, 6) is 0. The Morgan fingerprint density at radius 3 is 2.70 bits per heavy atom. The van der Waals surface area contributed by atoms with Crippen molar-refractivity contribution < 1.29 is 22.7 Å². The highest BCUT2D eigenvalue weighted by atomic mass is 32.2. The van der Waals surface area contributed by atoms with E-state index in [1.54, 1.807) is 6.92 Å². The molecule has 0 bridgehead atoms. The van der Waals surface area contributed by atoms with Crippen LogP contribution in [-0.2, 0) is 26.2 Å². The van der Waals surface area contributed by atoms with Gasteiger partial charge in [-0.2, -0.15) is 4.31 Å². The molecule has 2 N–H and O–H groups in total. The number of carbonyl (C=O) groups is 1. The van der Waals surface area contributed by atoms with Gasteiger partial charge in [-0.05, 0) is 31.5 Å². The standard InChI is InChI=1S/C17H21N3O6S/c1-2-25-17(22)26-11-19-8-7-13-14(16(19)21)4-3-5-15(13)27(23,24)20-9-6-12(18)10-20/h3-5,7-8,12H,2,6,9-11,18H2,1H3/t12-/m0/s1. The molecule has 1 aliphatic rings. The summed E-state index contributed by atoms with van der Waals surface area (Å²) in [5.41, 5.74) is 5.36. The number of pyridine rings is 1. The molecule has 0 unspecified atom stereocenters. The minimum atomic E-state index is -3.76. The summed E-state index contributed by atoms with van der Waals surface area (Å²) >= 11 is 0. The summed E-state index contributed by atoms with van der Waals surface area (Å²) in [7, 11) is -3.76. The van der Waals surface area contributed by atoms with Crippen LogP contribution in [0, 0.1) is 0 Å². The summed E-state index contributed by atoms with van der Waals surface area (Å²) in [6.45, 7) is 2.07. The van der Waals surface area contributed by atoms with E-state index in [0.29, 0.717) is 18.4 Å². The minimum Gasteiger partial charge on any atom is -0.435 e. The molecule has 1 aliphatic heterocycles. The second-order valence-corrected chi connectivity index (χ2v) is 8.08. The molecule has 3 rings (SSSR count). The summed E-state index contributed by atoms with van der Waals surface area (Å²) in [6, 6.07) is 5.86. The molecule has 1 saturated heterocycles. The second-order valence-electron chi connectivity index (χ2n) is 6.18. The molecule has 1 fully saturated rings. The predicted octanol–water partition coefficient (Wildman–Crippen LogP) is 0.854. The van der Waals surface area contributed by atoms with Crippen molar-refractivity contribution in [3.05, 3.63) is 40.8 Å². The fourth-order valence-corrected chi connectivity index (χ4v) is 4.73. The third-order valence-corrected chi connectivity index (χ3v) is 6.29. The van der Waals surface area contributed by atoms with E-state index in [1.807, 2.05) is 0 Å². The van der Waals surface area contributed by atoms with Crippen LogP contribution in [0.15, 0.2) is 40.2 Å². The van der Waals surface area contributed by atoms with Crippen molar-refractivity contribution in [2.45, 2.75) is 31.0 Å². The SMILES string of the molecule is CCOC(=O)OCn1ccc2c(S(=O)(=O)N3CC[C@H](N)C3)cccc2c1=O. The fourth-order valence-electron chi connectivity index (χ4n) is 3.01. The molecule has 1 atom stereocenters. The molecule has 0 spiro atoms. The van der Waals surface area contributed by atoms with Crippen molar-refractivity contribution in [1.29, 1.82) is 0 Å². The molecule has 2 heterocycles. The highest BCUT2D eigenvalue weighted by molar-refractivity contribution is 7.89. The van der Waals surface area contributed by atoms with Gasteiger partial charge in [0.05, 0.1) is 11.5 Å². The first-order chi connectivity index (χ1) is 12.8. The normalized spacial score (nSPS) is 17.9. The van der Waals surface area contributed by atoms with Crippen LogP contribution in [0.5, 0.6) is 0 Å². The molecule has 0 radical (unpaired) electrons. The number of rotatable bonds is 5. The van der Waals surface area contributed by atoms with Crippen molar-refractivity contribution in [2.75, 3.05) is 19.7 Å². The zero-order valence-corrected chi connectivity index (χ0v) is 15.6. The van der Waals surface area contributed by atoms with Gasteiger partial charge in [-0.1, -0.05) is 6.07 Å². The van der Waals surface area contributed by atoms with E-state index in [0.717, 1.165) is 0 Å². The van der Waals surface area contributed by atoms with Crippen LogP contribution in [0.2, 0.25) is 0 Å². The fraction of sp³-hybridized carbons (Fsp3) is 0.412. The number of nitrogens with two attached hydrogens (primary N) is 1. The van der Waals surface area contributed by atoms with Crippen LogP contribution in [-0.4, -0.2) is 49.2 Å². The van der Waals surface area contributed by atoms with Crippen molar-refractivity contribution in [3.8, 4) is 0 Å². The van der Waals surface area contributed by atoms with E-state index in [4.69, 9.17) is 10.5 Å². The Labute approximate surface area is 156 Å². The molecule has 1 aromatic carbocycles. The van der Waals surface area contributed by atoms with Gasteiger partial charge in [0, 0.05) is 36.1 Å². The second kappa shape index (κ2) is 7.67. The van der Waals surface area contributed by atoms with Crippen molar-refractivity contribution in [1.82, 2.24) is 8.87 Å². The van der Waals surface area contributed by atoms with E-state index < -0.39 is 21.7 Å². The zero-order valence-electron chi connectivity index (χ0n) is 14.8. The summed E-state index contributed by atoms with van der Waals surface area (Å²) in [6.07, 6.45) is 1.10. The number of fused-ring (bicyclic) bond motifs is 1. The van der Waals surface area contributed by atoms with Gasteiger partial charge >= 0.3 is 6.16 Å². The number of nitrogens with zero attached hydrogens (tertiary/aromatic N) is 2. The molecule has 146 valence electrons. The average molecular weight is 395 g/mol. The van der Waals surface area contributed by atoms with Gasteiger partial charge in [-0.3, -0.25) is 9.36 Å². The number of aromatic nitrogens is 1. The van der Waals surface area contributed by atoms with Crippen molar-refractivity contribution in [2.24, 2.45) is 5.73 Å². The number of ether oxygens (including phenoxy) is 2. The summed E-state index contributed by atoms with van der Waals surface area (Å²) in [4.78, 5) is 24.0. The minimum absolute atomic E-state index is 0.0599. The van der Waals surface area contributed by atoms with Crippen molar-refractivity contribution in [3.63, 3.8) is 0 Å². The van der Waals surface area contributed by atoms with Crippen LogP contribution in [0.3, 0.4) is 0 Å². The highest BCUT2D eigenvalue weighted by Crippen LogP contribution is 2.26. The van der Waals surface area contributed by atoms with Crippen LogP contribution in [0.1, 0.15) is 13.3 Å². The molecule has 0 amide bonds. The Hall–Kier alpha value is -2.43. The van der Waals surface area contributed by atoms with E-state index in [-0.39, 0.29) is 36.2 Å². The third kappa shape index (κ3) is 3.82. The number of hydrogen-bond donors (Lipinski definition) is 1. The largest absolute Gasteiger partial charge is 0.510 e. The predicted molar refractivity (Wildman–Crippen MR) is 97.7 cm³/mol. The average Bonchev–Trinajstić information content (AvgIpc) is 3.08. The molecule has 27 heavy (non-hydrogen) atoms. The highest BCUT2D eigenvalue weighted by Gasteiger charge is 2.32. The van der Waals surface area contributed by atoms with Crippen LogP contribution in [0.25, 0.3) is 10.8 Å². The molecule has 10 heteroatoms. The van der Waals surface area contributed by atoms with E-state index >= 15 is 0 Å². The Balaban J connectivity index is 1.97. The molecule has 2 aromatic rings. The van der Waals surface area contributed by atoms with E-state index in [2.05, 4.69) is 4.74 Å². The van der Waals surface area contributed by atoms with Crippen LogP contribution < -0.4 is 11.3 Å². The monoisotopic (exact) mass is 395 g/mol. The van der Waals surface area contributed by atoms with Gasteiger partial charge in [-0.25, -0.2) is 13.2 Å². The Morgan fingerprint density at radius 1 is 1.26 bits per heavy atom. The first-order valence-electron chi connectivity index (χ1n) is 8.52. The maximum Gasteiger partial charge on any atom is 0.510 e. The van der Waals surface area contributed by atoms with Gasteiger partial charge in [0.15, 0.2) is 6.73 Å². The summed E-state index contributed by atoms with van der Waals surface area (Å²) < 4.78 is 37.9. The third-order valence-electron chi connectivity index (χ3n) is 4.37. The quantitative estimate of drug-likeness (QED) is 0.745. The molecular formula is C17H21N3O6S. The molecule has 0 aliphatic carbocycles. The Morgan fingerprint density at radius 2 is 2.04 bits per heavy atom. The molecule has 0 saturated carbocycles. The van der Waals surface area contributed by atoms with Gasteiger partial charge in [0.2, 0.25) is 10.0 Å². The van der Waals surface area contributed by atoms with Gasteiger partial charge in [0.25, 0.3) is 5.56 Å². The lowest BCUT2D eigenvalue weighted by atomic mass is 10.2. The first-order valence-corrected chi connectivity index (χ1v) is 9.96. The molecular weight excluding hydrogens is 374 g/mol. The number of hydrogen-bond acceptors (Lipinski definition) is 7. The number of sulfonamides is 1. The first kappa shape index (κ1) is 19.3. The smallest absolute Gasteiger partial charge is 0.435 e. The van der Waals surface area contributed by atoms with Crippen LogP contribution in [0.4, 0.5) is 4.79 Å². The molecule has 9 nitrogen and oxygen atoms in total. The van der Waals surface area contributed by atoms with Gasteiger partial charge < -0.3 is 15.2 Å².